The second-order valence-corrected chi connectivity index (χ2v) is 5.65. The molecule has 0 aliphatic heterocycles. The zero-order valence-electron chi connectivity index (χ0n) is 8.05. The number of hydrogen-bond donors (Lipinski definition) is 0. The van der Waals surface area contributed by atoms with Gasteiger partial charge in [0.1, 0.15) is 0 Å². The summed E-state index contributed by atoms with van der Waals surface area (Å²) in [6, 6.07) is 8.18. The van der Waals surface area contributed by atoms with Gasteiger partial charge >= 0.3 is 0 Å². The highest BCUT2D eigenvalue weighted by atomic mass is 79.9. The largest absolute Gasteiger partial charge is 0.0884 e. The van der Waals surface area contributed by atoms with Gasteiger partial charge in [-0.1, -0.05) is 46.1 Å². The molecule has 1 atom stereocenters. The van der Waals surface area contributed by atoms with Crippen molar-refractivity contribution in [3.63, 3.8) is 0 Å². The predicted octanol–water partition coefficient (Wildman–Crippen LogP) is 4.45. The Labute approximate surface area is 98.8 Å². The predicted molar refractivity (Wildman–Crippen MR) is 65.2 cm³/mol. The highest BCUT2D eigenvalue weighted by Gasteiger charge is 2.24. The first-order valence-corrected chi connectivity index (χ1v) is 6.43. The van der Waals surface area contributed by atoms with Crippen LogP contribution in [-0.4, -0.2) is 4.83 Å². The molecule has 2 heteroatoms. The number of rotatable bonds is 3. The van der Waals surface area contributed by atoms with E-state index in [0.717, 1.165) is 17.4 Å². The minimum absolute atomic E-state index is 0.650. The Morgan fingerprint density at radius 2 is 1.93 bits per heavy atom. The van der Waals surface area contributed by atoms with Gasteiger partial charge in [0.2, 0.25) is 0 Å². The van der Waals surface area contributed by atoms with Crippen molar-refractivity contribution in [1.82, 2.24) is 0 Å². The number of benzene rings is 1. The van der Waals surface area contributed by atoms with Crippen molar-refractivity contribution in [2.75, 3.05) is 0 Å². The van der Waals surface area contributed by atoms with Crippen LogP contribution in [0.3, 0.4) is 0 Å². The van der Waals surface area contributed by atoms with Crippen molar-refractivity contribution >= 4 is 27.5 Å². The topological polar surface area (TPSA) is 0 Å². The molecule has 1 fully saturated rings. The average Bonchev–Trinajstić information content (AvgIpc) is 2.06. The molecule has 0 saturated heterocycles. The molecular formula is C12H14BrCl. The summed E-state index contributed by atoms with van der Waals surface area (Å²) in [7, 11) is 0. The van der Waals surface area contributed by atoms with Gasteiger partial charge < -0.3 is 0 Å². The van der Waals surface area contributed by atoms with E-state index in [9.17, 15) is 0 Å². The summed E-state index contributed by atoms with van der Waals surface area (Å²) in [4.78, 5) is 0.650. The zero-order valence-corrected chi connectivity index (χ0v) is 10.4. The van der Waals surface area contributed by atoms with Gasteiger partial charge in [-0.15, -0.1) is 0 Å². The van der Waals surface area contributed by atoms with Gasteiger partial charge in [0.05, 0.1) is 0 Å². The molecule has 1 saturated carbocycles. The Hall–Kier alpha value is -0.0100. The van der Waals surface area contributed by atoms with E-state index in [1.807, 2.05) is 12.1 Å². The third-order valence-electron chi connectivity index (χ3n) is 3.01. The van der Waals surface area contributed by atoms with Gasteiger partial charge in [-0.3, -0.25) is 0 Å². The monoisotopic (exact) mass is 272 g/mol. The average molecular weight is 274 g/mol. The van der Waals surface area contributed by atoms with Crippen molar-refractivity contribution in [2.45, 2.75) is 30.5 Å². The van der Waals surface area contributed by atoms with E-state index in [2.05, 4.69) is 28.1 Å². The Kier molecular flexibility index (Phi) is 3.51. The van der Waals surface area contributed by atoms with Gasteiger partial charge in [-0.2, -0.15) is 0 Å². The van der Waals surface area contributed by atoms with Gasteiger partial charge in [-0.25, -0.2) is 0 Å². The summed E-state index contributed by atoms with van der Waals surface area (Å²) < 4.78 is 0. The Morgan fingerprint density at radius 3 is 2.43 bits per heavy atom. The Morgan fingerprint density at radius 1 is 1.29 bits per heavy atom. The summed E-state index contributed by atoms with van der Waals surface area (Å²) in [6.07, 6.45) is 5.32. The molecule has 14 heavy (non-hydrogen) atoms. The van der Waals surface area contributed by atoms with Crippen LogP contribution in [0.5, 0.6) is 0 Å². The standard InChI is InChI=1S/C12H14BrCl/c13-12(10-2-1-3-10)8-9-4-6-11(14)7-5-9/h4-7,10,12H,1-3,8H2. The summed E-state index contributed by atoms with van der Waals surface area (Å²) in [5, 5.41) is 0.823. The first-order chi connectivity index (χ1) is 6.75. The van der Waals surface area contributed by atoms with E-state index in [4.69, 9.17) is 11.6 Å². The molecular weight excluding hydrogens is 259 g/mol. The van der Waals surface area contributed by atoms with Crippen molar-refractivity contribution in [2.24, 2.45) is 5.92 Å². The molecule has 1 aliphatic carbocycles. The maximum atomic E-state index is 5.84. The Bertz CT molecular complexity index is 290. The molecule has 0 N–H and O–H groups in total. The molecule has 2 rings (SSSR count). The molecule has 1 aliphatic rings. The zero-order chi connectivity index (χ0) is 9.97. The second kappa shape index (κ2) is 4.67. The highest BCUT2D eigenvalue weighted by molar-refractivity contribution is 9.09. The van der Waals surface area contributed by atoms with Crippen LogP contribution in [0.2, 0.25) is 5.02 Å². The maximum Gasteiger partial charge on any atom is 0.0406 e. The minimum atomic E-state index is 0.650. The molecule has 0 radical (unpaired) electrons. The van der Waals surface area contributed by atoms with Crippen LogP contribution < -0.4 is 0 Å². The first kappa shape index (κ1) is 10.5. The minimum Gasteiger partial charge on any atom is -0.0884 e. The van der Waals surface area contributed by atoms with Crippen molar-refractivity contribution in [1.29, 1.82) is 0 Å². The molecule has 0 spiro atoms. The summed E-state index contributed by atoms with van der Waals surface area (Å²) in [6.45, 7) is 0. The van der Waals surface area contributed by atoms with E-state index < -0.39 is 0 Å². The fraction of sp³-hybridized carbons (Fsp3) is 0.500. The van der Waals surface area contributed by atoms with Crippen LogP contribution in [0, 0.1) is 5.92 Å². The van der Waals surface area contributed by atoms with Crippen LogP contribution in [0.4, 0.5) is 0 Å². The SMILES string of the molecule is Clc1ccc(CC(Br)C2CCC2)cc1. The van der Waals surface area contributed by atoms with E-state index >= 15 is 0 Å². The van der Waals surface area contributed by atoms with Crippen LogP contribution in [0.15, 0.2) is 24.3 Å². The Balaban J connectivity index is 1.92. The summed E-state index contributed by atoms with van der Waals surface area (Å²) >= 11 is 9.61. The summed E-state index contributed by atoms with van der Waals surface area (Å²) in [5.74, 6) is 0.894. The van der Waals surface area contributed by atoms with E-state index in [-0.39, 0.29) is 0 Å². The lowest BCUT2D eigenvalue weighted by Crippen LogP contribution is -2.23. The molecule has 1 unspecified atom stereocenters. The lowest BCUT2D eigenvalue weighted by atomic mass is 9.81. The molecule has 0 heterocycles. The fourth-order valence-electron chi connectivity index (χ4n) is 1.81. The lowest BCUT2D eigenvalue weighted by molar-refractivity contribution is 0.308. The normalized spacial score (nSPS) is 19.0. The van der Waals surface area contributed by atoms with Crippen molar-refractivity contribution in [3.8, 4) is 0 Å². The molecule has 76 valence electrons. The van der Waals surface area contributed by atoms with E-state index in [0.29, 0.717) is 4.83 Å². The first-order valence-electron chi connectivity index (χ1n) is 5.14. The molecule has 1 aromatic rings. The number of halogens is 2. The number of hydrogen-bond acceptors (Lipinski definition) is 0. The van der Waals surface area contributed by atoms with Crippen LogP contribution in [0.1, 0.15) is 24.8 Å². The van der Waals surface area contributed by atoms with E-state index in [1.54, 1.807) is 0 Å². The summed E-state index contributed by atoms with van der Waals surface area (Å²) in [5.41, 5.74) is 1.38. The van der Waals surface area contributed by atoms with Crippen molar-refractivity contribution in [3.05, 3.63) is 34.9 Å². The van der Waals surface area contributed by atoms with Gasteiger partial charge in [-0.05, 0) is 42.9 Å². The van der Waals surface area contributed by atoms with E-state index in [1.165, 1.54) is 24.8 Å². The van der Waals surface area contributed by atoms with Crippen LogP contribution in [-0.2, 0) is 6.42 Å². The second-order valence-electron chi connectivity index (χ2n) is 4.04. The molecule has 0 nitrogen and oxygen atoms in total. The number of alkyl halides is 1. The molecule has 0 amide bonds. The fourth-order valence-corrected chi connectivity index (χ4v) is 2.84. The quantitative estimate of drug-likeness (QED) is 0.714. The highest BCUT2D eigenvalue weighted by Crippen LogP contribution is 2.35. The third kappa shape index (κ3) is 2.52. The van der Waals surface area contributed by atoms with Gasteiger partial charge in [0.25, 0.3) is 0 Å². The van der Waals surface area contributed by atoms with Gasteiger partial charge in [0, 0.05) is 9.85 Å². The maximum absolute atomic E-state index is 5.84. The lowest BCUT2D eigenvalue weighted by Gasteiger charge is -2.30. The molecule has 1 aromatic carbocycles. The molecule has 0 aromatic heterocycles. The van der Waals surface area contributed by atoms with Gasteiger partial charge in [0.15, 0.2) is 0 Å². The van der Waals surface area contributed by atoms with Crippen LogP contribution in [0.25, 0.3) is 0 Å². The smallest absolute Gasteiger partial charge is 0.0406 e. The molecule has 0 bridgehead atoms. The third-order valence-corrected chi connectivity index (χ3v) is 4.33. The van der Waals surface area contributed by atoms with Crippen molar-refractivity contribution < 1.29 is 0 Å². The van der Waals surface area contributed by atoms with Crippen LogP contribution >= 0.6 is 27.5 Å².